The van der Waals surface area contributed by atoms with Crippen LogP contribution in [0.4, 0.5) is 0 Å². The normalized spacial score (nSPS) is 11.7. The minimum Gasteiger partial charge on any atom is -0.409 e. The number of nitrogens with zero attached hydrogens (tertiary/aromatic N) is 4. The third kappa shape index (κ3) is 2.77. The van der Waals surface area contributed by atoms with Gasteiger partial charge in [-0.25, -0.2) is 15.0 Å². The number of benzene rings is 1. The fourth-order valence-electron chi connectivity index (χ4n) is 1.84. The zero-order valence-corrected chi connectivity index (χ0v) is 11.7. The van der Waals surface area contributed by atoms with Gasteiger partial charge in [0.05, 0.1) is 11.1 Å². The van der Waals surface area contributed by atoms with Crippen LogP contribution in [-0.4, -0.2) is 26.0 Å². The number of rotatable bonds is 3. The molecule has 0 fully saturated rings. The zero-order chi connectivity index (χ0) is 14.7. The zero-order valence-electron chi connectivity index (χ0n) is 10.8. The second-order valence-electron chi connectivity index (χ2n) is 4.15. The predicted molar refractivity (Wildman–Crippen MR) is 80.4 cm³/mol. The minimum atomic E-state index is 0.00619. The van der Waals surface area contributed by atoms with Gasteiger partial charge in [-0.15, -0.1) is 0 Å². The molecule has 3 N–H and O–H groups in total. The number of nitrogens with two attached hydrogens (primary N) is 1. The predicted octanol–water partition coefficient (Wildman–Crippen LogP) is 2.27. The Bertz CT molecular complexity index is 807. The van der Waals surface area contributed by atoms with Crippen molar-refractivity contribution in [2.24, 2.45) is 10.9 Å². The highest BCUT2D eigenvalue weighted by atomic mass is 32.2. The maximum Gasteiger partial charge on any atom is 0.193 e. The van der Waals surface area contributed by atoms with Crippen molar-refractivity contribution in [1.29, 1.82) is 0 Å². The molecule has 0 aliphatic carbocycles. The van der Waals surface area contributed by atoms with Crippen molar-refractivity contribution >= 4 is 28.5 Å². The lowest BCUT2D eigenvalue weighted by Gasteiger charge is -2.08. The van der Waals surface area contributed by atoms with Gasteiger partial charge in [0, 0.05) is 17.8 Å². The van der Waals surface area contributed by atoms with Crippen LogP contribution in [0.1, 0.15) is 5.56 Å². The van der Waals surface area contributed by atoms with Gasteiger partial charge in [0.25, 0.3) is 0 Å². The molecule has 2 heterocycles. The molecule has 0 bridgehead atoms. The van der Waals surface area contributed by atoms with Crippen LogP contribution in [0.15, 0.2) is 64.1 Å². The first-order valence-electron chi connectivity index (χ1n) is 6.10. The first kappa shape index (κ1) is 13.3. The fraction of sp³-hybridized carbons (Fsp3) is 0. The van der Waals surface area contributed by atoms with E-state index in [4.69, 9.17) is 10.9 Å². The van der Waals surface area contributed by atoms with Crippen molar-refractivity contribution in [3.63, 3.8) is 0 Å². The molecule has 0 aliphatic heterocycles. The first-order valence-corrected chi connectivity index (χ1v) is 6.92. The molecule has 0 amide bonds. The Labute approximate surface area is 124 Å². The molecule has 0 aliphatic rings. The van der Waals surface area contributed by atoms with E-state index in [9.17, 15) is 0 Å². The third-order valence-electron chi connectivity index (χ3n) is 2.80. The van der Waals surface area contributed by atoms with Crippen LogP contribution >= 0.6 is 11.8 Å². The molecule has 7 heteroatoms. The Balaban J connectivity index is 2.14. The van der Waals surface area contributed by atoms with Crippen molar-refractivity contribution in [1.82, 2.24) is 15.0 Å². The van der Waals surface area contributed by atoms with Gasteiger partial charge in [0.2, 0.25) is 0 Å². The van der Waals surface area contributed by atoms with Gasteiger partial charge in [-0.1, -0.05) is 23.4 Å². The van der Waals surface area contributed by atoms with Crippen molar-refractivity contribution in [2.45, 2.75) is 10.2 Å². The summed E-state index contributed by atoms with van der Waals surface area (Å²) in [4.78, 5) is 12.8. The third-order valence-corrected chi connectivity index (χ3v) is 3.70. The van der Waals surface area contributed by atoms with Crippen LogP contribution in [0.25, 0.3) is 10.9 Å². The molecular formula is C14H11N5OS. The second-order valence-corrected chi connectivity index (χ2v) is 5.11. The Morgan fingerprint density at radius 1 is 1.14 bits per heavy atom. The molecule has 0 unspecified atom stereocenters. The van der Waals surface area contributed by atoms with E-state index in [1.54, 1.807) is 18.5 Å². The Morgan fingerprint density at radius 3 is 2.67 bits per heavy atom. The second kappa shape index (κ2) is 5.76. The van der Waals surface area contributed by atoms with Gasteiger partial charge in [-0.05, 0) is 30.0 Å². The lowest BCUT2D eigenvalue weighted by atomic mass is 10.1. The summed E-state index contributed by atoms with van der Waals surface area (Å²) >= 11 is 1.27. The molecule has 3 rings (SSSR count). The van der Waals surface area contributed by atoms with E-state index in [1.807, 2.05) is 30.3 Å². The van der Waals surface area contributed by atoms with E-state index in [1.165, 1.54) is 11.8 Å². The molecule has 0 spiro atoms. The summed E-state index contributed by atoms with van der Waals surface area (Å²) in [5.41, 5.74) is 7.12. The molecule has 0 saturated carbocycles. The smallest absolute Gasteiger partial charge is 0.193 e. The van der Waals surface area contributed by atoms with Crippen molar-refractivity contribution in [3.05, 3.63) is 54.4 Å². The lowest BCUT2D eigenvalue weighted by molar-refractivity contribution is 0.318. The number of pyridine rings is 1. The Hall–Kier alpha value is -2.67. The van der Waals surface area contributed by atoms with E-state index < -0.39 is 0 Å². The number of fused-ring (bicyclic) bond motifs is 1. The van der Waals surface area contributed by atoms with E-state index >= 15 is 0 Å². The number of amidine groups is 1. The maximum atomic E-state index is 8.95. The molecule has 1 aromatic carbocycles. The van der Waals surface area contributed by atoms with Crippen molar-refractivity contribution in [2.75, 3.05) is 0 Å². The average Bonchev–Trinajstić information content (AvgIpc) is 2.54. The molecule has 2 aromatic heterocycles. The minimum absolute atomic E-state index is 0.00619. The number of hydrogen-bond acceptors (Lipinski definition) is 6. The summed E-state index contributed by atoms with van der Waals surface area (Å²) in [6, 6.07) is 11.2. The van der Waals surface area contributed by atoms with E-state index in [0.29, 0.717) is 15.7 Å². The number of oxime groups is 1. The fourth-order valence-corrected chi connectivity index (χ4v) is 2.66. The number of para-hydroxylation sites is 1. The molecule has 0 atom stereocenters. The highest BCUT2D eigenvalue weighted by Gasteiger charge is 2.13. The Kier molecular flexibility index (Phi) is 3.65. The quantitative estimate of drug-likeness (QED) is 0.253. The van der Waals surface area contributed by atoms with Gasteiger partial charge in [-0.3, -0.25) is 0 Å². The van der Waals surface area contributed by atoms with Gasteiger partial charge in [0.15, 0.2) is 11.0 Å². The van der Waals surface area contributed by atoms with E-state index in [0.717, 1.165) is 10.9 Å². The monoisotopic (exact) mass is 297 g/mol. The summed E-state index contributed by atoms with van der Waals surface area (Å²) in [6.07, 6.45) is 3.30. The summed E-state index contributed by atoms with van der Waals surface area (Å²) in [5, 5.41) is 14.1. The van der Waals surface area contributed by atoms with Gasteiger partial charge < -0.3 is 10.9 Å². The molecule has 3 aromatic rings. The van der Waals surface area contributed by atoms with Crippen molar-refractivity contribution in [3.8, 4) is 0 Å². The lowest BCUT2D eigenvalue weighted by Crippen LogP contribution is -2.15. The summed E-state index contributed by atoms with van der Waals surface area (Å²) in [5.74, 6) is 0.00619. The molecular weight excluding hydrogens is 286 g/mol. The molecule has 0 saturated heterocycles. The highest BCUT2D eigenvalue weighted by molar-refractivity contribution is 7.99. The number of aromatic nitrogens is 3. The molecule has 104 valence electrons. The first-order chi connectivity index (χ1) is 10.3. The van der Waals surface area contributed by atoms with Crippen LogP contribution in [-0.2, 0) is 0 Å². The van der Waals surface area contributed by atoms with Gasteiger partial charge >= 0.3 is 0 Å². The average molecular weight is 297 g/mol. The largest absolute Gasteiger partial charge is 0.409 e. The molecule has 0 radical (unpaired) electrons. The summed E-state index contributed by atoms with van der Waals surface area (Å²) in [7, 11) is 0. The molecule has 21 heavy (non-hydrogen) atoms. The SMILES string of the molecule is NC(=NO)c1cc2ccccc2nc1Sc1ncccn1. The topological polar surface area (TPSA) is 97.3 Å². The highest BCUT2D eigenvalue weighted by Crippen LogP contribution is 2.28. The standard InChI is InChI=1S/C14H11N5OS/c15-12(19-20)10-8-9-4-1-2-5-11(9)18-13(10)21-14-16-6-3-7-17-14/h1-8,20H,(H2,15,19). The van der Waals surface area contributed by atoms with E-state index in [2.05, 4.69) is 20.1 Å². The van der Waals surface area contributed by atoms with Gasteiger partial charge in [0.1, 0.15) is 5.03 Å². The summed E-state index contributed by atoms with van der Waals surface area (Å²) in [6.45, 7) is 0. The molecule has 6 nitrogen and oxygen atoms in total. The van der Waals surface area contributed by atoms with Crippen LogP contribution in [0, 0.1) is 0 Å². The van der Waals surface area contributed by atoms with Gasteiger partial charge in [-0.2, -0.15) is 0 Å². The Morgan fingerprint density at radius 2 is 1.90 bits per heavy atom. The van der Waals surface area contributed by atoms with Crippen LogP contribution in [0.3, 0.4) is 0 Å². The van der Waals surface area contributed by atoms with Crippen LogP contribution in [0.5, 0.6) is 0 Å². The maximum absolute atomic E-state index is 8.95. The number of hydrogen-bond donors (Lipinski definition) is 2. The van der Waals surface area contributed by atoms with Crippen LogP contribution < -0.4 is 5.73 Å². The van der Waals surface area contributed by atoms with Crippen molar-refractivity contribution < 1.29 is 5.21 Å². The van der Waals surface area contributed by atoms with E-state index in [-0.39, 0.29) is 5.84 Å². The summed E-state index contributed by atoms with van der Waals surface area (Å²) < 4.78 is 0. The van der Waals surface area contributed by atoms with Crippen LogP contribution in [0.2, 0.25) is 0 Å².